The average Bonchev–Trinajstić information content (AvgIpc) is 2.28. The molecule has 1 aromatic rings. The molecule has 0 heterocycles. The monoisotopic (exact) mass is 258 g/mol. The Morgan fingerprint density at radius 2 is 2.35 bits per heavy atom. The molecule has 0 aliphatic rings. The SMILES string of the molecule is COCCNC(=O)CSc1ccc(N)cc1F. The quantitative estimate of drug-likeness (QED) is 0.458. The van der Waals surface area contributed by atoms with Gasteiger partial charge in [-0.15, -0.1) is 11.8 Å². The molecule has 0 aliphatic heterocycles. The van der Waals surface area contributed by atoms with Gasteiger partial charge >= 0.3 is 0 Å². The van der Waals surface area contributed by atoms with Crippen molar-refractivity contribution < 1.29 is 13.9 Å². The van der Waals surface area contributed by atoms with Gasteiger partial charge in [0.1, 0.15) is 5.82 Å². The maximum absolute atomic E-state index is 13.4. The third-order valence-electron chi connectivity index (χ3n) is 1.94. The van der Waals surface area contributed by atoms with Gasteiger partial charge in [-0.25, -0.2) is 4.39 Å². The van der Waals surface area contributed by atoms with Gasteiger partial charge in [0, 0.05) is 24.2 Å². The fourth-order valence-electron chi connectivity index (χ4n) is 1.12. The highest BCUT2D eigenvalue weighted by Gasteiger charge is 2.06. The Morgan fingerprint density at radius 1 is 1.59 bits per heavy atom. The summed E-state index contributed by atoms with van der Waals surface area (Å²) in [4.78, 5) is 11.8. The highest BCUT2D eigenvalue weighted by atomic mass is 32.2. The van der Waals surface area contributed by atoms with Crippen LogP contribution < -0.4 is 11.1 Å². The van der Waals surface area contributed by atoms with Crippen molar-refractivity contribution in [3.8, 4) is 0 Å². The summed E-state index contributed by atoms with van der Waals surface area (Å²) in [7, 11) is 1.56. The number of hydrogen-bond donors (Lipinski definition) is 2. The number of carbonyl (C=O) groups is 1. The van der Waals surface area contributed by atoms with Gasteiger partial charge in [0.25, 0.3) is 0 Å². The van der Waals surface area contributed by atoms with E-state index in [4.69, 9.17) is 10.5 Å². The van der Waals surface area contributed by atoms with Crippen LogP contribution in [0.5, 0.6) is 0 Å². The number of anilines is 1. The molecule has 0 aliphatic carbocycles. The Labute approximate surface area is 104 Å². The lowest BCUT2D eigenvalue weighted by Crippen LogP contribution is -2.28. The summed E-state index contributed by atoms with van der Waals surface area (Å²) in [5.74, 6) is -0.382. The van der Waals surface area contributed by atoms with Crippen molar-refractivity contribution in [1.29, 1.82) is 0 Å². The lowest BCUT2D eigenvalue weighted by molar-refractivity contribution is -0.118. The van der Waals surface area contributed by atoms with E-state index in [0.29, 0.717) is 23.7 Å². The molecule has 0 saturated heterocycles. The van der Waals surface area contributed by atoms with E-state index < -0.39 is 5.82 Å². The maximum atomic E-state index is 13.4. The number of hydrogen-bond acceptors (Lipinski definition) is 4. The van der Waals surface area contributed by atoms with Gasteiger partial charge in [-0.05, 0) is 18.2 Å². The number of nitrogen functional groups attached to an aromatic ring is 1. The molecule has 0 fully saturated rings. The van der Waals surface area contributed by atoms with Crippen molar-refractivity contribution in [3.63, 3.8) is 0 Å². The zero-order chi connectivity index (χ0) is 12.7. The van der Waals surface area contributed by atoms with Crippen LogP contribution in [-0.4, -0.2) is 31.9 Å². The van der Waals surface area contributed by atoms with Crippen LogP contribution in [-0.2, 0) is 9.53 Å². The van der Waals surface area contributed by atoms with Crippen molar-refractivity contribution in [2.45, 2.75) is 4.90 Å². The zero-order valence-corrected chi connectivity index (χ0v) is 10.3. The molecule has 0 unspecified atom stereocenters. The molecule has 0 radical (unpaired) electrons. The fourth-order valence-corrected chi connectivity index (χ4v) is 1.87. The number of methoxy groups -OCH3 is 1. The molecular weight excluding hydrogens is 243 g/mol. The second-order valence-corrected chi connectivity index (χ2v) is 4.34. The summed E-state index contributed by atoms with van der Waals surface area (Å²) >= 11 is 1.14. The first-order chi connectivity index (χ1) is 8.13. The number of nitrogens with one attached hydrogen (secondary N) is 1. The summed E-state index contributed by atoms with van der Waals surface area (Å²) < 4.78 is 18.1. The first-order valence-corrected chi connectivity index (χ1v) is 6.05. The first-order valence-electron chi connectivity index (χ1n) is 5.07. The molecular formula is C11H15FN2O2S. The smallest absolute Gasteiger partial charge is 0.230 e. The van der Waals surface area contributed by atoms with Crippen LogP contribution >= 0.6 is 11.8 Å². The van der Waals surface area contributed by atoms with E-state index in [2.05, 4.69) is 5.32 Å². The molecule has 6 heteroatoms. The van der Waals surface area contributed by atoms with Crippen LogP contribution in [0.15, 0.2) is 23.1 Å². The molecule has 0 saturated carbocycles. The minimum atomic E-state index is -0.403. The Bertz CT molecular complexity index is 388. The Morgan fingerprint density at radius 3 is 3.00 bits per heavy atom. The molecule has 3 N–H and O–H groups in total. The predicted molar refractivity (Wildman–Crippen MR) is 66.4 cm³/mol. The van der Waals surface area contributed by atoms with Crippen molar-refractivity contribution in [1.82, 2.24) is 5.32 Å². The van der Waals surface area contributed by atoms with Gasteiger partial charge in [0.2, 0.25) is 5.91 Å². The van der Waals surface area contributed by atoms with E-state index in [1.165, 1.54) is 6.07 Å². The Hall–Kier alpha value is -1.27. The van der Waals surface area contributed by atoms with Crippen molar-refractivity contribution in [2.24, 2.45) is 0 Å². The predicted octanol–water partition coefficient (Wildman–Crippen LogP) is 1.26. The van der Waals surface area contributed by atoms with Crippen molar-refractivity contribution in [2.75, 3.05) is 31.7 Å². The minimum Gasteiger partial charge on any atom is -0.399 e. The second kappa shape index (κ2) is 7.13. The Balaban J connectivity index is 2.37. The highest BCUT2D eigenvalue weighted by molar-refractivity contribution is 8.00. The molecule has 17 heavy (non-hydrogen) atoms. The molecule has 0 bridgehead atoms. The van der Waals surface area contributed by atoms with E-state index in [1.54, 1.807) is 19.2 Å². The van der Waals surface area contributed by atoms with Crippen molar-refractivity contribution in [3.05, 3.63) is 24.0 Å². The number of ether oxygens (including phenoxy) is 1. The van der Waals surface area contributed by atoms with Crippen LogP contribution in [0, 0.1) is 5.82 Å². The third-order valence-corrected chi connectivity index (χ3v) is 2.99. The average molecular weight is 258 g/mol. The Kier molecular flexibility index (Phi) is 5.79. The number of amides is 1. The van der Waals surface area contributed by atoms with Gasteiger partial charge in [-0.2, -0.15) is 0 Å². The largest absolute Gasteiger partial charge is 0.399 e. The number of thioether (sulfide) groups is 1. The minimum absolute atomic E-state index is 0.150. The first kappa shape index (κ1) is 13.8. The molecule has 94 valence electrons. The van der Waals surface area contributed by atoms with E-state index in [0.717, 1.165) is 11.8 Å². The standard InChI is InChI=1S/C11H15FN2O2S/c1-16-5-4-14-11(15)7-17-10-3-2-8(13)6-9(10)12/h2-3,6H,4-5,7,13H2,1H3,(H,14,15). The normalized spacial score (nSPS) is 10.2. The van der Waals surface area contributed by atoms with E-state index in [9.17, 15) is 9.18 Å². The molecule has 1 rings (SSSR count). The molecule has 1 aromatic carbocycles. The van der Waals surface area contributed by atoms with Gasteiger partial charge in [-0.1, -0.05) is 0 Å². The number of carbonyl (C=O) groups excluding carboxylic acids is 1. The second-order valence-electron chi connectivity index (χ2n) is 3.32. The third kappa shape index (κ3) is 5.06. The summed E-state index contributed by atoms with van der Waals surface area (Å²) in [5.41, 5.74) is 5.79. The van der Waals surface area contributed by atoms with Crippen LogP contribution in [0.2, 0.25) is 0 Å². The van der Waals surface area contributed by atoms with E-state index in [1.807, 2.05) is 0 Å². The number of nitrogens with two attached hydrogens (primary N) is 1. The highest BCUT2D eigenvalue weighted by Crippen LogP contribution is 2.22. The number of halogens is 1. The zero-order valence-electron chi connectivity index (χ0n) is 9.53. The summed E-state index contributed by atoms with van der Waals surface area (Å²) in [6, 6.07) is 4.41. The summed E-state index contributed by atoms with van der Waals surface area (Å²) in [6.45, 7) is 0.923. The lowest BCUT2D eigenvalue weighted by Gasteiger charge is -2.05. The van der Waals surface area contributed by atoms with E-state index >= 15 is 0 Å². The van der Waals surface area contributed by atoms with Gasteiger partial charge < -0.3 is 15.8 Å². The van der Waals surface area contributed by atoms with Crippen LogP contribution in [0.3, 0.4) is 0 Å². The molecule has 0 aromatic heterocycles. The molecule has 1 amide bonds. The molecule has 4 nitrogen and oxygen atoms in total. The fraction of sp³-hybridized carbons (Fsp3) is 0.364. The van der Waals surface area contributed by atoms with Crippen LogP contribution in [0.4, 0.5) is 10.1 Å². The molecule has 0 spiro atoms. The topological polar surface area (TPSA) is 64.3 Å². The lowest BCUT2D eigenvalue weighted by atomic mass is 10.3. The molecule has 0 atom stereocenters. The summed E-state index contributed by atoms with van der Waals surface area (Å²) in [6.07, 6.45) is 0. The van der Waals surface area contributed by atoms with Gasteiger partial charge in [-0.3, -0.25) is 4.79 Å². The van der Waals surface area contributed by atoms with Crippen molar-refractivity contribution >= 4 is 23.4 Å². The number of benzene rings is 1. The summed E-state index contributed by atoms with van der Waals surface area (Å²) in [5, 5.41) is 2.65. The van der Waals surface area contributed by atoms with E-state index in [-0.39, 0.29) is 11.7 Å². The van der Waals surface area contributed by atoms with Crippen LogP contribution in [0.25, 0.3) is 0 Å². The van der Waals surface area contributed by atoms with Gasteiger partial charge in [0.05, 0.1) is 12.4 Å². The maximum Gasteiger partial charge on any atom is 0.230 e. The van der Waals surface area contributed by atoms with Crippen LogP contribution in [0.1, 0.15) is 0 Å². The van der Waals surface area contributed by atoms with Gasteiger partial charge in [0.15, 0.2) is 0 Å². The number of rotatable bonds is 6.